The van der Waals surface area contributed by atoms with Crippen molar-refractivity contribution in [2.75, 3.05) is 27.1 Å². The van der Waals surface area contributed by atoms with E-state index in [1.807, 2.05) is 0 Å². The predicted molar refractivity (Wildman–Crippen MR) is 92.0 cm³/mol. The Labute approximate surface area is 140 Å². The number of benzene rings is 2. The molecule has 0 aliphatic carbocycles. The first kappa shape index (κ1) is 17.2. The molecule has 0 saturated carbocycles. The van der Waals surface area contributed by atoms with Crippen molar-refractivity contribution in [2.45, 2.75) is 0 Å². The number of ketones is 1. The lowest BCUT2D eigenvalue weighted by atomic mass is 10.1. The van der Waals surface area contributed by atoms with E-state index in [-0.39, 0.29) is 17.1 Å². The lowest BCUT2D eigenvalue weighted by Gasteiger charge is -2.13. The molecule has 6 nitrogen and oxygen atoms in total. The summed E-state index contributed by atoms with van der Waals surface area (Å²) < 4.78 is 15.7. The highest BCUT2D eigenvalue weighted by atomic mass is 16.5. The van der Waals surface area contributed by atoms with Crippen molar-refractivity contribution in [3.63, 3.8) is 0 Å². The lowest BCUT2D eigenvalue weighted by molar-refractivity contribution is 0.104. The highest BCUT2D eigenvalue weighted by Gasteiger charge is 2.18. The molecule has 2 rings (SSSR count). The van der Waals surface area contributed by atoms with Crippen molar-refractivity contribution in [3.05, 3.63) is 47.5 Å². The number of carbonyl (C=O) groups excluding carboxylic acids is 1. The topological polar surface area (TPSA) is 91.0 Å². The summed E-state index contributed by atoms with van der Waals surface area (Å²) in [6.07, 6.45) is 2.80. The molecule has 2 aromatic rings. The second-order valence-electron chi connectivity index (χ2n) is 4.92. The van der Waals surface area contributed by atoms with Crippen molar-refractivity contribution in [3.8, 4) is 23.0 Å². The summed E-state index contributed by atoms with van der Waals surface area (Å²) in [4.78, 5) is 12.6. The van der Waals surface area contributed by atoms with E-state index in [9.17, 15) is 9.90 Å². The maximum absolute atomic E-state index is 12.6. The van der Waals surface area contributed by atoms with Crippen LogP contribution >= 0.6 is 0 Å². The molecule has 0 amide bonds. The van der Waals surface area contributed by atoms with Crippen LogP contribution in [0.1, 0.15) is 15.9 Å². The van der Waals surface area contributed by atoms with Gasteiger partial charge in [-0.2, -0.15) is 0 Å². The normalized spacial score (nSPS) is 10.6. The minimum absolute atomic E-state index is 0.0295. The second-order valence-corrected chi connectivity index (χ2v) is 4.92. The maximum Gasteiger partial charge on any atom is 0.193 e. The van der Waals surface area contributed by atoms with Gasteiger partial charge in [0.1, 0.15) is 28.6 Å². The number of rotatable bonds is 6. The average Bonchev–Trinajstić information content (AvgIpc) is 2.60. The summed E-state index contributed by atoms with van der Waals surface area (Å²) in [6.45, 7) is 0. The zero-order chi connectivity index (χ0) is 17.7. The number of allylic oxidation sites excluding steroid dienone is 1. The molecule has 2 aromatic carbocycles. The lowest BCUT2D eigenvalue weighted by Crippen LogP contribution is -2.03. The zero-order valence-electron chi connectivity index (χ0n) is 13.7. The highest BCUT2D eigenvalue weighted by molar-refractivity contribution is 6.10. The number of hydrogen-bond acceptors (Lipinski definition) is 6. The molecule has 0 unspecified atom stereocenters. The largest absolute Gasteiger partial charge is 0.507 e. The van der Waals surface area contributed by atoms with Gasteiger partial charge in [-0.25, -0.2) is 0 Å². The van der Waals surface area contributed by atoms with Crippen LogP contribution in [0, 0.1) is 0 Å². The van der Waals surface area contributed by atoms with Gasteiger partial charge in [0.15, 0.2) is 5.78 Å². The van der Waals surface area contributed by atoms with E-state index in [0.29, 0.717) is 28.5 Å². The van der Waals surface area contributed by atoms with Gasteiger partial charge < -0.3 is 25.1 Å². The number of anilines is 1. The van der Waals surface area contributed by atoms with Crippen LogP contribution in [0.5, 0.6) is 23.0 Å². The second kappa shape index (κ2) is 7.41. The zero-order valence-corrected chi connectivity index (χ0v) is 13.7. The summed E-state index contributed by atoms with van der Waals surface area (Å²) >= 11 is 0. The summed E-state index contributed by atoms with van der Waals surface area (Å²) in [7, 11) is 4.43. The van der Waals surface area contributed by atoms with E-state index in [2.05, 4.69) is 0 Å². The Morgan fingerprint density at radius 1 is 1.04 bits per heavy atom. The van der Waals surface area contributed by atoms with Crippen molar-refractivity contribution >= 4 is 17.5 Å². The Morgan fingerprint density at radius 3 is 2.21 bits per heavy atom. The van der Waals surface area contributed by atoms with Crippen LogP contribution in [0.15, 0.2) is 36.4 Å². The molecule has 0 aliphatic rings. The quantitative estimate of drug-likeness (QED) is 0.366. The van der Waals surface area contributed by atoms with Gasteiger partial charge in [-0.3, -0.25) is 4.79 Å². The summed E-state index contributed by atoms with van der Waals surface area (Å²) in [5.41, 5.74) is 6.87. The molecule has 6 heteroatoms. The van der Waals surface area contributed by atoms with Gasteiger partial charge >= 0.3 is 0 Å². The van der Waals surface area contributed by atoms with E-state index in [4.69, 9.17) is 19.9 Å². The van der Waals surface area contributed by atoms with Crippen LogP contribution in [0.4, 0.5) is 5.69 Å². The van der Waals surface area contributed by atoms with Gasteiger partial charge in [-0.15, -0.1) is 0 Å². The molecule has 0 aromatic heterocycles. The van der Waals surface area contributed by atoms with E-state index in [1.165, 1.54) is 39.5 Å². The molecule has 0 spiro atoms. The molecule has 126 valence electrons. The number of methoxy groups -OCH3 is 3. The molecular weight excluding hydrogens is 310 g/mol. The molecule has 0 bridgehead atoms. The van der Waals surface area contributed by atoms with Crippen LogP contribution in [-0.4, -0.2) is 32.2 Å². The molecule has 0 atom stereocenters. The fraction of sp³-hybridized carbons (Fsp3) is 0.167. The Hall–Kier alpha value is -3.15. The minimum Gasteiger partial charge on any atom is -0.507 e. The van der Waals surface area contributed by atoms with Gasteiger partial charge in [-0.1, -0.05) is 0 Å². The van der Waals surface area contributed by atoms with E-state index in [0.717, 1.165) is 0 Å². The number of carbonyl (C=O) groups is 1. The van der Waals surface area contributed by atoms with E-state index >= 15 is 0 Å². The predicted octanol–water partition coefficient (Wildman–Crippen LogP) is 2.90. The van der Waals surface area contributed by atoms with Crippen molar-refractivity contribution < 1.29 is 24.1 Å². The van der Waals surface area contributed by atoms with Gasteiger partial charge in [0.2, 0.25) is 0 Å². The van der Waals surface area contributed by atoms with Crippen molar-refractivity contribution in [2.24, 2.45) is 0 Å². The third-order valence-electron chi connectivity index (χ3n) is 3.43. The van der Waals surface area contributed by atoms with Crippen LogP contribution in [-0.2, 0) is 0 Å². The highest BCUT2D eigenvalue weighted by Crippen LogP contribution is 2.34. The number of ether oxygens (including phenoxy) is 3. The van der Waals surface area contributed by atoms with Gasteiger partial charge in [0.05, 0.1) is 21.3 Å². The fourth-order valence-electron chi connectivity index (χ4n) is 2.20. The van der Waals surface area contributed by atoms with Gasteiger partial charge in [-0.05, 0) is 30.4 Å². The Morgan fingerprint density at radius 2 is 1.67 bits per heavy atom. The third-order valence-corrected chi connectivity index (χ3v) is 3.43. The SMILES string of the molecule is COc1cc(OC)c(C(=O)/C=C/c2cc(N)ccc2O)c(OC)c1. The fourth-order valence-corrected chi connectivity index (χ4v) is 2.20. The van der Waals surface area contributed by atoms with E-state index < -0.39 is 0 Å². The van der Waals surface area contributed by atoms with Crippen LogP contribution < -0.4 is 19.9 Å². The van der Waals surface area contributed by atoms with Crippen LogP contribution in [0.2, 0.25) is 0 Å². The first-order valence-electron chi connectivity index (χ1n) is 7.11. The number of aromatic hydroxyl groups is 1. The van der Waals surface area contributed by atoms with Gasteiger partial charge in [0.25, 0.3) is 0 Å². The maximum atomic E-state index is 12.6. The Kier molecular flexibility index (Phi) is 5.31. The first-order valence-corrected chi connectivity index (χ1v) is 7.11. The van der Waals surface area contributed by atoms with Gasteiger partial charge in [0, 0.05) is 23.4 Å². The summed E-state index contributed by atoms with van der Waals surface area (Å²) in [6, 6.07) is 7.81. The van der Waals surface area contributed by atoms with Crippen LogP contribution in [0.3, 0.4) is 0 Å². The molecule has 0 heterocycles. The number of phenols is 1. The first-order chi connectivity index (χ1) is 11.5. The molecule has 0 radical (unpaired) electrons. The molecule has 0 aliphatic heterocycles. The molecule has 0 fully saturated rings. The Bertz CT molecular complexity index is 758. The smallest absolute Gasteiger partial charge is 0.193 e. The summed E-state index contributed by atoms with van der Waals surface area (Å²) in [5.74, 6) is 0.864. The Balaban J connectivity index is 2.42. The number of nitrogen functional groups attached to an aromatic ring is 1. The van der Waals surface area contributed by atoms with Crippen molar-refractivity contribution in [1.29, 1.82) is 0 Å². The summed E-state index contributed by atoms with van der Waals surface area (Å²) in [5, 5.41) is 9.80. The molecule has 3 N–H and O–H groups in total. The minimum atomic E-state index is -0.340. The average molecular weight is 329 g/mol. The van der Waals surface area contributed by atoms with Crippen LogP contribution in [0.25, 0.3) is 6.08 Å². The molecule has 24 heavy (non-hydrogen) atoms. The monoisotopic (exact) mass is 329 g/mol. The number of phenolic OH excluding ortho intramolecular Hbond substituents is 1. The number of hydrogen-bond donors (Lipinski definition) is 2. The number of nitrogens with two attached hydrogens (primary N) is 1. The molecular formula is C18H19NO5. The van der Waals surface area contributed by atoms with Crippen molar-refractivity contribution in [1.82, 2.24) is 0 Å². The third kappa shape index (κ3) is 3.60. The van der Waals surface area contributed by atoms with E-state index in [1.54, 1.807) is 24.3 Å². The molecule has 0 saturated heterocycles. The standard InChI is InChI=1S/C18H19NO5/c1-22-13-9-16(23-2)18(17(10-13)24-3)15(21)6-4-11-8-12(19)5-7-14(11)20/h4-10,20H,19H2,1-3H3/b6-4+.